The molecule has 1 N–H and O–H groups in total. The number of aromatic nitrogens is 3. The second-order valence-corrected chi connectivity index (χ2v) is 3.10. The molecule has 0 radical (unpaired) electrons. The van der Waals surface area contributed by atoms with Gasteiger partial charge in [0.25, 0.3) is 0 Å². The largest absolute Gasteiger partial charge is 0.282 e. The van der Waals surface area contributed by atoms with Crippen molar-refractivity contribution in [1.29, 1.82) is 0 Å². The summed E-state index contributed by atoms with van der Waals surface area (Å²) in [7, 11) is 0. The molecular formula is C10H11N3. The van der Waals surface area contributed by atoms with Crippen LogP contribution in [0.4, 0.5) is 0 Å². The van der Waals surface area contributed by atoms with Gasteiger partial charge in [0, 0.05) is 11.4 Å². The first-order valence-corrected chi connectivity index (χ1v) is 4.22. The molecule has 2 aromatic heterocycles. The summed E-state index contributed by atoms with van der Waals surface area (Å²) in [5.74, 6) is 0. The number of nitrogens with one attached hydrogen (secondary N) is 1. The Balaban J connectivity index is 2.46. The Labute approximate surface area is 76.8 Å². The van der Waals surface area contributed by atoms with Crippen molar-refractivity contribution >= 4 is 0 Å². The molecule has 0 aliphatic carbocycles. The highest BCUT2D eigenvalue weighted by atomic mass is 15.1. The topological polar surface area (TPSA) is 41.6 Å². The van der Waals surface area contributed by atoms with Gasteiger partial charge in [-0.15, -0.1) is 0 Å². The number of rotatable bonds is 1. The van der Waals surface area contributed by atoms with E-state index in [1.807, 2.05) is 38.1 Å². The Bertz CT molecular complexity index is 418. The lowest BCUT2D eigenvalue weighted by atomic mass is 10.2. The van der Waals surface area contributed by atoms with Crippen molar-refractivity contribution in [3.63, 3.8) is 0 Å². The Morgan fingerprint density at radius 1 is 1.15 bits per heavy atom. The zero-order valence-electron chi connectivity index (χ0n) is 7.70. The number of pyridine rings is 1. The minimum Gasteiger partial charge on any atom is -0.282 e. The zero-order chi connectivity index (χ0) is 9.26. The molecule has 0 fully saturated rings. The average molecular weight is 173 g/mol. The van der Waals surface area contributed by atoms with Gasteiger partial charge in [0.1, 0.15) is 5.69 Å². The van der Waals surface area contributed by atoms with Crippen molar-refractivity contribution in [3.05, 3.63) is 35.7 Å². The van der Waals surface area contributed by atoms with Gasteiger partial charge in [0.05, 0.1) is 5.69 Å². The Morgan fingerprint density at radius 3 is 2.62 bits per heavy atom. The molecule has 0 saturated heterocycles. The van der Waals surface area contributed by atoms with Crippen LogP contribution in [-0.4, -0.2) is 15.2 Å². The van der Waals surface area contributed by atoms with E-state index in [1.165, 1.54) is 0 Å². The van der Waals surface area contributed by atoms with Crippen LogP contribution in [0.15, 0.2) is 24.3 Å². The van der Waals surface area contributed by atoms with E-state index >= 15 is 0 Å². The van der Waals surface area contributed by atoms with Gasteiger partial charge in [-0.1, -0.05) is 6.07 Å². The first-order chi connectivity index (χ1) is 6.25. The number of nitrogens with zero attached hydrogens (tertiary/aromatic N) is 2. The smallest absolute Gasteiger partial charge is 0.111 e. The molecule has 2 rings (SSSR count). The standard InChI is InChI=1S/C10H11N3/c1-7-4-3-5-9(11-7)10-6-8(2)12-13-10/h3-6H,1-2H3,(H,12,13). The maximum Gasteiger partial charge on any atom is 0.111 e. The number of H-pyrrole nitrogens is 1. The van der Waals surface area contributed by atoms with Gasteiger partial charge in [0.15, 0.2) is 0 Å². The number of aromatic amines is 1. The fourth-order valence-electron chi connectivity index (χ4n) is 1.23. The molecule has 0 atom stereocenters. The Kier molecular flexibility index (Phi) is 1.85. The van der Waals surface area contributed by atoms with Crippen molar-refractivity contribution in [2.75, 3.05) is 0 Å². The summed E-state index contributed by atoms with van der Waals surface area (Å²) in [4.78, 5) is 4.37. The number of hydrogen-bond acceptors (Lipinski definition) is 2. The zero-order valence-corrected chi connectivity index (χ0v) is 7.70. The highest BCUT2D eigenvalue weighted by Crippen LogP contribution is 2.14. The molecule has 0 aromatic carbocycles. The van der Waals surface area contributed by atoms with Gasteiger partial charge < -0.3 is 0 Å². The molecule has 0 saturated carbocycles. The van der Waals surface area contributed by atoms with Crippen molar-refractivity contribution in [2.24, 2.45) is 0 Å². The Morgan fingerprint density at radius 2 is 2.00 bits per heavy atom. The molecule has 0 bridgehead atoms. The molecule has 0 unspecified atom stereocenters. The van der Waals surface area contributed by atoms with Crippen molar-refractivity contribution in [3.8, 4) is 11.4 Å². The van der Waals surface area contributed by atoms with Gasteiger partial charge >= 0.3 is 0 Å². The predicted molar refractivity (Wildman–Crippen MR) is 51.3 cm³/mol. The van der Waals surface area contributed by atoms with E-state index in [1.54, 1.807) is 0 Å². The van der Waals surface area contributed by atoms with Crippen LogP contribution in [0.5, 0.6) is 0 Å². The third-order valence-corrected chi connectivity index (χ3v) is 1.86. The molecule has 3 heteroatoms. The molecule has 0 spiro atoms. The number of hydrogen-bond donors (Lipinski definition) is 1. The molecule has 66 valence electrons. The van der Waals surface area contributed by atoms with E-state index in [4.69, 9.17) is 0 Å². The summed E-state index contributed by atoms with van der Waals surface area (Å²) in [5.41, 5.74) is 3.89. The van der Waals surface area contributed by atoms with Crippen LogP contribution in [0.1, 0.15) is 11.4 Å². The quantitative estimate of drug-likeness (QED) is 0.717. The minimum absolute atomic E-state index is 0.904. The van der Waals surface area contributed by atoms with E-state index in [2.05, 4.69) is 15.2 Å². The van der Waals surface area contributed by atoms with E-state index in [9.17, 15) is 0 Å². The van der Waals surface area contributed by atoms with Gasteiger partial charge in [-0.3, -0.25) is 10.1 Å². The maximum atomic E-state index is 4.37. The van der Waals surface area contributed by atoms with Crippen LogP contribution in [0.25, 0.3) is 11.4 Å². The van der Waals surface area contributed by atoms with Gasteiger partial charge in [-0.2, -0.15) is 5.10 Å². The third-order valence-electron chi connectivity index (χ3n) is 1.86. The van der Waals surface area contributed by atoms with E-state index < -0.39 is 0 Å². The summed E-state index contributed by atoms with van der Waals surface area (Å²) >= 11 is 0. The second-order valence-electron chi connectivity index (χ2n) is 3.10. The lowest BCUT2D eigenvalue weighted by Gasteiger charge is -1.95. The normalized spacial score (nSPS) is 10.3. The number of aryl methyl sites for hydroxylation is 2. The molecule has 3 nitrogen and oxygen atoms in total. The van der Waals surface area contributed by atoms with Crippen LogP contribution in [0.2, 0.25) is 0 Å². The second kappa shape index (κ2) is 3.01. The SMILES string of the molecule is Cc1cccc(-c2cc(C)[nH]n2)n1. The third kappa shape index (κ3) is 1.59. The van der Waals surface area contributed by atoms with Gasteiger partial charge in [-0.05, 0) is 32.0 Å². The molecule has 2 aromatic rings. The molecule has 0 amide bonds. The van der Waals surface area contributed by atoms with Crippen LogP contribution in [0.3, 0.4) is 0 Å². The molecule has 13 heavy (non-hydrogen) atoms. The van der Waals surface area contributed by atoms with E-state index in [-0.39, 0.29) is 0 Å². The molecule has 0 aliphatic rings. The Hall–Kier alpha value is -1.64. The van der Waals surface area contributed by atoms with Crippen LogP contribution >= 0.6 is 0 Å². The lowest BCUT2D eigenvalue weighted by Crippen LogP contribution is -1.85. The summed E-state index contributed by atoms with van der Waals surface area (Å²) in [6.45, 7) is 3.95. The highest BCUT2D eigenvalue weighted by Gasteiger charge is 2.01. The summed E-state index contributed by atoms with van der Waals surface area (Å²) in [6.07, 6.45) is 0. The van der Waals surface area contributed by atoms with Crippen LogP contribution in [0, 0.1) is 13.8 Å². The minimum atomic E-state index is 0.904. The summed E-state index contributed by atoms with van der Waals surface area (Å²) in [6, 6.07) is 7.91. The van der Waals surface area contributed by atoms with E-state index in [0.29, 0.717) is 0 Å². The van der Waals surface area contributed by atoms with Crippen molar-refractivity contribution in [2.45, 2.75) is 13.8 Å². The average Bonchev–Trinajstić information content (AvgIpc) is 2.52. The molecular weight excluding hydrogens is 162 g/mol. The highest BCUT2D eigenvalue weighted by molar-refractivity contribution is 5.54. The maximum absolute atomic E-state index is 4.37. The van der Waals surface area contributed by atoms with Crippen molar-refractivity contribution < 1.29 is 0 Å². The fourth-order valence-corrected chi connectivity index (χ4v) is 1.23. The van der Waals surface area contributed by atoms with E-state index in [0.717, 1.165) is 22.8 Å². The monoisotopic (exact) mass is 173 g/mol. The van der Waals surface area contributed by atoms with Crippen molar-refractivity contribution in [1.82, 2.24) is 15.2 Å². The van der Waals surface area contributed by atoms with Crippen LogP contribution in [-0.2, 0) is 0 Å². The fraction of sp³-hybridized carbons (Fsp3) is 0.200. The molecule has 0 aliphatic heterocycles. The van der Waals surface area contributed by atoms with Crippen LogP contribution < -0.4 is 0 Å². The predicted octanol–water partition coefficient (Wildman–Crippen LogP) is 2.09. The lowest BCUT2D eigenvalue weighted by molar-refractivity contribution is 1.04. The first kappa shape index (κ1) is 7.98. The van der Waals surface area contributed by atoms with Gasteiger partial charge in [0.2, 0.25) is 0 Å². The van der Waals surface area contributed by atoms with Gasteiger partial charge in [-0.25, -0.2) is 0 Å². The first-order valence-electron chi connectivity index (χ1n) is 4.22. The molecule has 2 heterocycles. The summed E-state index contributed by atoms with van der Waals surface area (Å²) < 4.78 is 0. The summed E-state index contributed by atoms with van der Waals surface area (Å²) in [5, 5.41) is 7.04.